The van der Waals surface area contributed by atoms with Crippen molar-refractivity contribution in [1.82, 2.24) is 5.32 Å². The molecule has 6 heteroatoms. The zero-order chi connectivity index (χ0) is 16.1. The number of fused-ring (bicyclic) bond motifs is 1. The Labute approximate surface area is 139 Å². The van der Waals surface area contributed by atoms with Gasteiger partial charge < -0.3 is 20.1 Å². The SMILES string of the molecule is O=C(NCCc1ccc2c(c1)OCCO2)Nc1ccc(Cl)cc1. The standard InChI is InChI=1S/C17H17ClN2O3/c18-13-2-4-14(5-3-13)20-17(21)19-8-7-12-1-6-15-16(11-12)23-10-9-22-15/h1-6,11H,7-10H2,(H2,19,20,21). The van der Waals surface area contributed by atoms with Crippen molar-refractivity contribution in [2.75, 3.05) is 25.1 Å². The molecular formula is C17H17ClN2O3. The van der Waals surface area contributed by atoms with Crippen molar-refractivity contribution in [1.29, 1.82) is 0 Å². The first kappa shape index (κ1) is 15.5. The Bertz CT molecular complexity index is 689. The number of carbonyl (C=O) groups excluding carboxylic acids is 1. The van der Waals surface area contributed by atoms with Crippen LogP contribution >= 0.6 is 11.6 Å². The molecule has 2 aromatic rings. The van der Waals surface area contributed by atoms with Crippen LogP contribution in [-0.2, 0) is 6.42 Å². The van der Waals surface area contributed by atoms with Crippen LogP contribution in [0.4, 0.5) is 10.5 Å². The molecule has 2 N–H and O–H groups in total. The number of urea groups is 1. The summed E-state index contributed by atoms with van der Waals surface area (Å²) in [5, 5.41) is 6.21. The lowest BCUT2D eigenvalue weighted by Gasteiger charge is -2.18. The van der Waals surface area contributed by atoms with Crippen molar-refractivity contribution in [3.63, 3.8) is 0 Å². The molecule has 23 heavy (non-hydrogen) atoms. The van der Waals surface area contributed by atoms with E-state index in [4.69, 9.17) is 21.1 Å². The summed E-state index contributed by atoms with van der Waals surface area (Å²) in [5.41, 5.74) is 1.78. The molecule has 2 amide bonds. The van der Waals surface area contributed by atoms with Crippen LogP contribution < -0.4 is 20.1 Å². The molecule has 0 bridgehead atoms. The largest absolute Gasteiger partial charge is 0.486 e. The Morgan fingerprint density at radius 2 is 1.78 bits per heavy atom. The van der Waals surface area contributed by atoms with E-state index in [2.05, 4.69) is 10.6 Å². The number of benzene rings is 2. The van der Waals surface area contributed by atoms with Crippen LogP contribution in [0, 0.1) is 0 Å². The Morgan fingerprint density at radius 1 is 1.04 bits per heavy atom. The Hall–Kier alpha value is -2.40. The molecule has 0 aliphatic carbocycles. The van der Waals surface area contributed by atoms with Gasteiger partial charge in [-0.05, 0) is 48.4 Å². The molecule has 0 saturated heterocycles. The quantitative estimate of drug-likeness (QED) is 0.901. The molecule has 5 nitrogen and oxygen atoms in total. The van der Waals surface area contributed by atoms with E-state index >= 15 is 0 Å². The minimum atomic E-state index is -0.245. The molecule has 0 spiro atoms. The lowest BCUT2D eigenvalue weighted by molar-refractivity contribution is 0.171. The summed E-state index contributed by atoms with van der Waals surface area (Å²) in [6.45, 7) is 1.68. The van der Waals surface area contributed by atoms with Gasteiger partial charge in [-0.15, -0.1) is 0 Å². The van der Waals surface area contributed by atoms with Crippen molar-refractivity contribution in [3.05, 3.63) is 53.1 Å². The van der Waals surface area contributed by atoms with Gasteiger partial charge in [-0.3, -0.25) is 0 Å². The fraction of sp³-hybridized carbons (Fsp3) is 0.235. The number of anilines is 1. The van der Waals surface area contributed by atoms with Gasteiger partial charge in [0.15, 0.2) is 11.5 Å². The summed E-state index contributed by atoms with van der Waals surface area (Å²) in [5.74, 6) is 1.54. The van der Waals surface area contributed by atoms with Crippen molar-refractivity contribution < 1.29 is 14.3 Å². The van der Waals surface area contributed by atoms with Crippen LogP contribution in [0.25, 0.3) is 0 Å². The monoisotopic (exact) mass is 332 g/mol. The van der Waals surface area contributed by atoms with Gasteiger partial charge in [0, 0.05) is 17.3 Å². The zero-order valence-electron chi connectivity index (χ0n) is 12.5. The number of hydrogen-bond donors (Lipinski definition) is 2. The highest BCUT2D eigenvalue weighted by Crippen LogP contribution is 2.30. The van der Waals surface area contributed by atoms with E-state index in [1.165, 1.54) is 0 Å². The van der Waals surface area contributed by atoms with Gasteiger partial charge in [0.25, 0.3) is 0 Å². The first-order valence-corrected chi connectivity index (χ1v) is 7.77. The van der Waals surface area contributed by atoms with E-state index in [9.17, 15) is 4.79 Å². The van der Waals surface area contributed by atoms with Gasteiger partial charge in [0.05, 0.1) is 0 Å². The molecule has 2 aromatic carbocycles. The van der Waals surface area contributed by atoms with Crippen LogP contribution in [0.3, 0.4) is 0 Å². The van der Waals surface area contributed by atoms with E-state index in [1.54, 1.807) is 24.3 Å². The Balaban J connectivity index is 1.47. The highest BCUT2D eigenvalue weighted by Gasteiger charge is 2.11. The molecule has 0 saturated carbocycles. The second-order valence-corrected chi connectivity index (χ2v) is 5.55. The van der Waals surface area contributed by atoms with Gasteiger partial charge in [0.2, 0.25) is 0 Å². The summed E-state index contributed by atoms with van der Waals surface area (Å²) in [4.78, 5) is 11.8. The summed E-state index contributed by atoms with van der Waals surface area (Å²) < 4.78 is 11.0. The lowest BCUT2D eigenvalue weighted by Crippen LogP contribution is -2.30. The molecule has 1 aliphatic rings. The minimum absolute atomic E-state index is 0.245. The number of nitrogens with one attached hydrogen (secondary N) is 2. The third kappa shape index (κ3) is 4.29. The van der Waals surface area contributed by atoms with Crippen LogP contribution in [-0.4, -0.2) is 25.8 Å². The molecule has 1 heterocycles. The number of halogens is 1. The van der Waals surface area contributed by atoms with Crippen LogP contribution in [0.15, 0.2) is 42.5 Å². The van der Waals surface area contributed by atoms with Crippen LogP contribution in [0.5, 0.6) is 11.5 Å². The normalized spacial score (nSPS) is 12.6. The fourth-order valence-corrected chi connectivity index (χ4v) is 2.40. The predicted molar refractivity (Wildman–Crippen MR) is 89.6 cm³/mol. The van der Waals surface area contributed by atoms with Crippen LogP contribution in [0.1, 0.15) is 5.56 Å². The first-order chi connectivity index (χ1) is 11.2. The topological polar surface area (TPSA) is 59.6 Å². The molecule has 0 atom stereocenters. The smallest absolute Gasteiger partial charge is 0.319 e. The maximum absolute atomic E-state index is 11.8. The van der Waals surface area contributed by atoms with Gasteiger partial charge in [-0.1, -0.05) is 17.7 Å². The van der Waals surface area contributed by atoms with E-state index in [0.29, 0.717) is 36.9 Å². The number of carbonyl (C=O) groups is 1. The lowest BCUT2D eigenvalue weighted by atomic mass is 10.1. The van der Waals surface area contributed by atoms with E-state index in [0.717, 1.165) is 17.1 Å². The van der Waals surface area contributed by atoms with Crippen molar-refractivity contribution in [2.45, 2.75) is 6.42 Å². The fourth-order valence-electron chi connectivity index (χ4n) is 2.27. The van der Waals surface area contributed by atoms with E-state index < -0.39 is 0 Å². The van der Waals surface area contributed by atoms with Crippen molar-refractivity contribution in [3.8, 4) is 11.5 Å². The highest BCUT2D eigenvalue weighted by molar-refractivity contribution is 6.30. The van der Waals surface area contributed by atoms with Gasteiger partial charge in [0.1, 0.15) is 13.2 Å². The number of hydrogen-bond acceptors (Lipinski definition) is 3. The van der Waals surface area contributed by atoms with Crippen LogP contribution in [0.2, 0.25) is 5.02 Å². The average Bonchev–Trinajstić information content (AvgIpc) is 2.57. The second-order valence-electron chi connectivity index (χ2n) is 5.12. The summed E-state index contributed by atoms with van der Waals surface area (Å²) in [7, 11) is 0. The Kier molecular flexibility index (Phi) is 4.88. The number of rotatable bonds is 4. The summed E-state index contributed by atoms with van der Waals surface area (Å²) >= 11 is 5.80. The maximum Gasteiger partial charge on any atom is 0.319 e. The van der Waals surface area contributed by atoms with Crippen molar-refractivity contribution >= 4 is 23.3 Å². The van der Waals surface area contributed by atoms with Gasteiger partial charge >= 0.3 is 6.03 Å². The van der Waals surface area contributed by atoms with E-state index in [-0.39, 0.29) is 6.03 Å². The number of ether oxygens (including phenoxy) is 2. The summed E-state index contributed by atoms with van der Waals surface area (Å²) in [6.07, 6.45) is 0.713. The van der Waals surface area contributed by atoms with E-state index in [1.807, 2.05) is 18.2 Å². The minimum Gasteiger partial charge on any atom is -0.486 e. The van der Waals surface area contributed by atoms with Crippen molar-refractivity contribution in [2.24, 2.45) is 0 Å². The number of amides is 2. The second kappa shape index (κ2) is 7.24. The molecule has 0 unspecified atom stereocenters. The zero-order valence-corrected chi connectivity index (χ0v) is 13.2. The molecular weight excluding hydrogens is 316 g/mol. The molecule has 0 fully saturated rings. The third-order valence-corrected chi connectivity index (χ3v) is 3.66. The Morgan fingerprint density at radius 3 is 2.57 bits per heavy atom. The maximum atomic E-state index is 11.8. The predicted octanol–water partition coefficient (Wildman–Crippen LogP) is 3.48. The molecule has 1 aliphatic heterocycles. The molecule has 3 rings (SSSR count). The molecule has 120 valence electrons. The molecule has 0 radical (unpaired) electrons. The molecule has 0 aromatic heterocycles. The summed E-state index contributed by atoms with van der Waals surface area (Å²) in [6, 6.07) is 12.5. The first-order valence-electron chi connectivity index (χ1n) is 7.40. The highest BCUT2D eigenvalue weighted by atomic mass is 35.5. The third-order valence-electron chi connectivity index (χ3n) is 3.41. The van der Waals surface area contributed by atoms with Gasteiger partial charge in [-0.25, -0.2) is 4.79 Å². The average molecular weight is 333 g/mol. The van der Waals surface area contributed by atoms with Gasteiger partial charge in [-0.2, -0.15) is 0 Å².